The van der Waals surface area contributed by atoms with Crippen LogP contribution in [0.2, 0.25) is 10.0 Å². The third-order valence-electron chi connectivity index (χ3n) is 2.98. The molecule has 0 radical (unpaired) electrons. The van der Waals surface area contributed by atoms with Crippen LogP contribution in [0.5, 0.6) is 5.75 Å². The van der Waals surface area contributed by atoms with Crippen molar-refractivity contribution in [2.75, 3.05) is 7.11 Å². The molecule has 2 nitrogen and oxygen atoms in total. The molecule has 2 N–H and O–H groups in total. The van der Waals surface area contributed by atoms with E-state index in [4.69, 9.17) is 33.7 Å². The summed E-state index contributed by atoms with van der Waals surface area (Å²) in [5.41, 5.74) is 8.24. The van der Waals surface area contributed by atoms with Gasteiger partial charge >= 0.3 is 0 Å². The minimum atomic E-state index is -0.121. The molecule has 4 heteroatoms. The summed E-state index contributed by atoms with van der Waals surface area (Å²) < 4.78 is 5.32. The lowest BCUT2D eigenvalue weighted by Gasteiger charge is -2.15. The van der Waals surface area contributed by atoms with Crippen LogP contribution in [0.25, 0.3) is 0 Å². The van der Waals surface area contributed by atoms with Gasteiger partial charge in [-0.3, -0.25) is 0 Å². The van der Waals surface area contributed by atoms with Gasteiger partial charge in [0.05, 0.1) is 7.11 Å². The summed E-state index contributed by atoms with van der Waals surface area (Å²) >= 11 is 11.9. The van der Waals surface area contributed by atoms with E-state index in [0.717, 1.165) is 16.9 Å². The Morgan fingerprint density at radius 3 is 2.32 bits per heavy atom. The zero-order valence-corrected chi connectivity index (χ0v) is 12.1. The van der Waals surface area contributed by atoms with Crippen molar-refractivity contribution in [1.82, 2.24) is 0 Å². The van der Waals surface area contributed by atoms with Gasteiger partial charge in [0.15, 0.2) is 0 Å². The second-order valence-corrected chi connectivity index (χ2v) is 5.19. The maximum atomic E-state index is 6.21. The quantitative estimate of drug-likeness (QED) is 0.915. The Morgan fingerprint density at radius 2 is 1.68 bits per heavy atom. The Kier molecular flexibility index (Phi) is 4.70. The molecular formula is C15H15Cl2NO. The van der Waals surface area contributed by atoms with Gasteiger partial charge in [0.1, 0.15) is 5.75 Å². The largest absolute Gasteiger partial charge is 0.496 e. The van der Waals surface area contributed by atoms with Crippen molar-refractivity contribution in [1.29, 1.82) is 0 Å². The maximum absolute atomic E-state index is 6.21. The topological polar surface area (TPSA) is 35.2 Å². The first-order chi connectivity index (χ1) is 9.10. The van der Waals surface area contributed by atoms with Crippen LogP contribution in [0.3, 0.4) is 0 Å². The number of halogens is 2. The molecule has 0 aliphatic heterocycles. The summed E-state index contributed by atoms with van der Waals surface area (Å²) in [6.45, 7) is 0. The Labute approximate surface area is 123 Å². The van der Waals surface area contributed by atoms with Gasteiger partial charge in [-0.15, -0.1) is 0 Å². The number of ether oxygens (including phenoxy) is 1. The van der Waals surface area contributed by atoms with Crippen molar-refractivity contribution in [3.63, 3.8) is 0 Å². The Morgan fingerprint density at radius 1 is 1.05 bits per heavy atom. The SMILES string of the molecule is COc1ccc(Cl)cc1CC(N)c1ccc(Cl)cc1. The first-order valence-electron chi connectivity index (χ1n) is 5.93. The molecule has 0 saturated carbocycles. The molecule has 2 aromatic carbocycles. The van der Waals surface area contributed by atoms with Crippen LogP contribution in [-0.4, -0.2) is 7.11 Å². The smallest absolute Gasteiger partial charge is 0.122 e. The highest BCUT2D eigenvalue weighted by molar-refractivity contribution is 6.30. The van der Waals surface area contributed by atoms with Crippen molar-refractivity contribution in [3.05, 3.63) is 63.6 Å². The molecule has 1 unspecified atom stereocenters. The van der Waals surface area contributed by atoms with E-state index in [1.165, 1.54) is 0 Å². The number of nitrogens with two attached hydrogens (primary N) is 1. The minimum absolute atomic E-state index is 0.121. The molecule has 2 rings (SSSR count). The van der Waals surface area contributed by atoms with Crippen LogP contribution in [0.15, 0.2) is 42.5 Å². The lowest BCUT2D eigenvalue weighted by Crippen LogP contribution is -2.13. The normalized spacial score (nSPS) is 12.2. The van der Waals surface area contributed by atoms with Gasteiger partial charge in [0, 0.05) is 16.1 Å². The molecule has 0 saturated heterocycles. The molecule has 0 aromatic heterocycles. The zero-order chi connectivity index (χ0) is 13.8. The number of benzene rings is 2. The molecule has 0 heterocycles. The first-order valence-corrected chi connectivity index (χ1v) is 6.69. The van der Waals surface area contributed by atoms with Crippen molar-refractivity contribution in [3.8, 4) is 5.75 Å². The van der Waals surface area contributed by atoms with E-state index in [1.807, 2.05) is 36.4 Å². The standard InChI is InChI=1S/C15H15Cl2NO/c1-19-15-7-6-13(17)8-11(15)9-14(18)10-2-4-12(16)5-3-10/h2-8,14H,9,18H2,1H3. The van der Waals surface area contributed by atoms with E-state index in [2.05, 4.69) is 0 Å². The molecule has 2 aromatic rings. The molecule has 0 fully saturated rings. The summed E-state index contributed by atoms with van der Waals surface area (Å²) in [5, 5.41) is 1.38. The summed E-state index contributed by atoms with van der Waals surface area (Å²) in [6.07, 6.45) is 0.658. The number of rotatable bonds is 4. The number of hydrogen-bond donors (Lipinski definition) is 1. The third kappa shape index (κ3) is 3.63. The maximum Gasteiger partial charge on any atom is 0.122 e. The highest BCUT2D eigenvalue weighted by Crippen LogP contribution is 2.27. The van der Waals surface area contributed by atoms with Gasteiger partial charge in [-0.2, -0.15) is 0 Å². The van der Waals surface area contributed by atoms with E-state index in [0.29, 0.717) is 16.5 Å². The molecule has 0 aliphatic rings. The molecule has 19 heavy (non-hydrogen) atoms. The van der Waals surface area contributed by atoms with Gasteiger partial charge in [-0.25, -0.2) is 0 Å². The Bertz CT molecular complexity index is 555. The second-order valence-electron chi connectivity index (χ2n) is 4.32. The highest BCUT2D eigenvalue weighted by Gasteiger charge is 2.11. The van der Waals surface area contributed by atoms with E-state index in [9.17, 15) is 0 Å². The van der Waals surface area contributed by atoms with E-state index >= 15 is 0 Å². The Hall–Kier alpha value is -1.22. The van der Waals surface area contributed by atoms with Crippen LogP contribution >= 0.6 is 23.2 Å². The Balaban J connectivity index is 2.20. The number of hydrogen-bond acceptors (Lipinski definition) is 2. The van der Waals surface area contributed by atoms with Crippen molar-refractivity contribution in [2.24, 2.45) is 5.73 Å². The van der Waals surface area contributed by atoms with Crippen LogP contribution in [0.1, 0.15) is 17.2 Å². The summed E-state index contributed by atoms with van der Waals surface area (Å²) in [6, 6.07) is 13.0. The highest BCUT2D eigenvalue weighted by atomic mass is 35.5. The van der Waals surface area contributed by atoms with E-state index < -0.39 is 0 Å². The fourth-order valence-electron chi connectivity index (χ4n) is 1.97. The van der Waals surface area contributed by atoms with E-state index in [1.54, 1.807) is 13.2 Å². The molecule has 0 aliphatic carbocycles. The predicted octanol–water partition coefficient (Wildman–Crippen LogP) is 4.24. The lowest BCUT2D eigenvalue weighted by atomic mass is 9.99. The van der Waals surface area contributed by atoms with Crippen LogP contribution in [0.4, 0.5) is 0 Å². The van der Waals surface area contributed by atoms with Crippen LogP contribution < -0.4 is 10.5 Å². The predicted molar refractivity (Wildman–Crippen MR) is 80.1 cm³/mol. The van der Waals surface area contributed by atoms with Gasteiger partial charge in [-0.1, -0.05) is 35.3 Å². The van der Waals surface area contributed by atoms with Crippen molar-refractivity contribution in [2.45, 2.75) is 12.5 Å². The van der Waals surface area contributed by atoms with Crippen molar-refractivity contribution >= 4 is 23.2 Å². The molecule has 1 atom stereocenters. The average Bonchev–Trinajstić information content (AvgIpc) is 2.39. The van der Waals surface area contributed by atoms with Crippen molar-refractivity contribution < 1.29 is 4.74 Å². The molecule has 0 spiro atoms. The van der Waals surface area contributed by atoms with Crippen LogP contribution in [-0.2, 0) is 6.42 Å². The summed E-state index contributed by atoms with van der Waals surface area (Å²) in [5.74, 6) is 0.800. The second kappa shape index (κ2) is 6.29. The van der Waals surface area contributed by atoms with Crippen LogP contribution in [0, 0.1) is 0 Å². The summed E-state index contributed by atoms with van der Waals surface area (Å²) in [4.78, 5) is 0. The van der Waals surface area contributed by atoms with Gasteiger partial charge < -0.3 is 10.5 Å². The third-order valence-corrected chi connectivity index (χ3v) is 3.47. The average molecular weight is 296 g/mol. The first kappa shape index (κ1) is 14.2. The monoisotopic (exact) mass is 295 g/mol. The van der Waals surface area contributed by atoms with Gasteiger partial charge in [0.25, 0.3) is 0 Å². The fourth-order valence-corrected chi connectivity index (χ4v) is 2.29. The number of methoxy groups -OCH3 is 1. The molecular weight excluding hydrogens is 281 g/mol. The summed E-state index contributed by atoms with van der Waals surface area (Å²) in [7, 11) is 1.64. The van der Waals surface area contributed by atoms with E-state index in [-0.39, 0.29) is 6.04 Å². The minimum Gasteiger partial charge on any atom is -0.496 e. The van der Waals surface area contributed by atoms with Gasteiger partial charge in [-0.05, 0) is 47.9 Å². The molecule has 0 amide bonds. The molecule has 0 bridgehead atoms. The lowest BCUT2D eigenvalue weighted by molar-refractivity contribution is 0.408. The fraction of sp³-hybridized carbons (Fsp3) is 0.200. The molecule has 100 valence electrons. The van der Waals surface area contributed by atoms with Gasteiger partial charge in [0.2, 0.25) is 0 Å². The zero-order valence-electron chi connectivity index (χ0n) is 10.6.